The SMILES string of the molecule is CC1CCCCC1NC(=O)C(CC(N)=O)NC(=O)OC(C)(C)C. The maximum Gasteiger partial charge on any atom is 0.408 e. The summed E-state index contributed by atoms with van der Waals surface area (Å²) in [6, 6.07) is -0.955. The first kappa shape index (κ1) is 19.3. The molecule has 0 aromatic rings. The minimum absolute atomic E-state index is 0.0621. The topological polar surface area (TPSA) is 111 Å². The molecule has 4 N–H and O–H groups in total. The van der Waals surface area contributed by atoms with E-state index in [1.165, 1.54) is 0 Å². The predicted octanol–water partition coefficient (Wildman–Crippen LogP) is 1.45. The molecule has 3 unspecified atom stereocenters. The third-order valence-corrected chi connectivity index (χ3v) is 3.85. The molecule has 3 amide bonds. The van der Waals surface area contributed by atoms with Gasteiger partial charge in [0, 0.05) is 6.04 Å². The molecule has 3 atom stereocenters. The lowest BCUT2D eigenvalue weighted by Gasteiger charge is -2.31. The van der Waals surface area contributed by atoms with Gasteiger partial charge in [-0.15, -0.1) is 0 Å². The zero-order chi connectivity index (χ0) is 17.6. The van der Waals surface area contributed by atoms with E-state index in [0.29, 0.717) is 5.92 Å². The maximum atomic E-state index is 12.4. The normalized spacial score (nSPS) is 22.8. The Hall–Kier alpha value is -1.79. The molecule has 23 heavy (non-hydrogen) atoms. The first-order chi connectivity index (χ1) is 10.6. The van der Waals surface area contributed by atoms with Gasteiger partial charge in [-0.25, -0.2) is 4.79 Å². The molecule has 0 aromatic carbocycles. The highest BCUT2D eigenvalue weighted by Crippen LogP contribution is 2.23. The van der Waals surface area contributed by atoms with Crippen molar-refractivity contribution in [3.8, 4) is 0 Å². The average molecular weight is 327 g/mol. The third kappa shape index (κ3) is 7.34. The van der Waals surface area contributed by atoms with Crippen LogP contribution in [0.5, 0.6) is 0 Å². The Balaban J connectivity index is 2.66. The molecule has 132 valence electrons. The molecule has 0 bridgehead atoms. The van der Waals surface area contributed by atoms with Crippen LogP contribution in [0.2, 0.25) is 0 Å². The summed E-state index contributed by atoms with van der Waals surface area (Å²) in [6.07, 6.45) is 3.19. The van der Waals surface area contributed by atoms with Gasteiger partial charge in [-0.1, -0.05) is 19.8 Å². The molecule has 1 fully saturated rings. The lowest BCUT2D eigenvalue weighted by atomic mass is 9.86. The molecule has 0 aromatic heterocycles. The molecule has 0 heterocycles. The Labute approximate surface area is 137 Å². The number of rotatable bonds is 5. The van der Waals surface area contributed by atoms with Crippen LogP contribution in [0, 0.1) is 5.92 Å². The van der Waals surface area contributed by atoms with Crippen LogP contribution in [0.3, 0.4) is 0 Å². The zero-order valence-corrected chi connectivity index (χ0v) is 14.5. The Morgan fingerprint density at radius 3 is 2.35 bits per heavy atom. The number of nitrogens with two attached hydrogens (primary N) is 1. The summed E-state index contributed by atoms with van der Waals surface area (Å²) < 4.78 is 5.13. The lowest BCUT2D eigenvalue weighted by molar-refractivity contribution is -0.128. The largest absolute Gasteiger partial charge is 0.444 e. The van der Waals surface area contributed by atoms with E-state index in [-0.39, 0.29) is 12.5 Å². The van der Waals surface area contributed by atoms with E-state index in [9.17, 15) is 14.4 Å². The summed E-state index contributed by atoms with van der Waals surface area (Å²) in [7, 11) is 0. The van der Waals surface area contributed by atoms with Crippen molar-refractivity contribution < 1.29 is 19.1 Å². The van der Waals surface area contributed by atoms with Gasteiger partial charge in [0.25, 0.3) is 0 Å². The van der Waals surface area contributed by atoms with Gasteiger partial charge in [0.15, 0.2) is 0 Å². The first-order valence-electron chi connectivity index (χ1n) is 8.16. The number of ether oxygens (including phenoxy) is 1. The van der Waals surface area contributed by atoms with Gasteiger partial charge in [0.1, 0.15) is 11.6 Å². The van der Waals surface area contributed by atoms with Gasteiger partial charge in [0.2, 0.25) is 11.8 Å². The predicted molar refractivity (Wildman–Crippen MR) is 86.5 cm³/mol. The molecule has 1 aliphatic rings. The van der Waals surface area contributed by atoms with Crippen LogP contribution in [0.4, 0.5) is 4.79 Å². The number of nitrogens with one attached hydrogen (secondary N) is 2. The summed E-state index contributed by atoms with van der Waals surface area (Å²) in [5.74, 6) is -0.672. The van der Waals surface area contributed by atoms with Crippen molar-refractivity contribution >= 4 is 17.9 Å². The molecule has 1 aliphatic carbocycles. The second kappa shape index (κ2) is 8.17. The Kier molecular flexibility index (Phi) is 6.84. The van der Waals surface area contributed by atoms with E-state index in [1.807, 2.05) is 0 Å². The average Bonchev–Trinajstić information content (AvgIpc) is 2.37. The van der Waals surface area contributed by atoms with E-state index >= 15 is 0 Å². The van der Waals surface area contributed by atoms with E-state index < -0.39 is 29.6 Å². The van der Waals surface area contributed by atoms with Crippen LogP contribution in [0.25, 0.3) is 0 Å². The van der Waals surface area contributed by atoms with Crippen molar-refractivity contribution in [3.05, 3.63) is 0 Å². The van der Waals surface area contributed by atoms with E-state index in [0.717, 1.165) is 25.7 Å². The zero-order valence-electron chi connectivity index (χ0n) is 14.5. The fourth-order valence-corrected chi connectivity index (χ4v) is 2.67. The molecule has 1 saturated carbocycles. The smallest absolute Gasteiger partial charge is 0.408 e. The van der Waals surface area contributed by atoms with Gasteiger partial charge in [-0.2, -0.15) is 0 Å². The number of amides is 3. The Bertz CT molecular complexity index is 445. The molecule has 0 aliphatic heterocycles. The van der Waals surface area contributed by atoms with Crippen LogP contribution in [0.1, 0.15) is 59.8 Å². The van der Waals surface area contributed by atoms with Crippen LogP contribution >= 0.6 is 0 Å². The minimum atomic E-state index is -1.02. The van der Waals surface area contributed by atoms with Crippen molar-refractivity contribution in [2.24, 2.45) is 11.7 Å². The summed E-state index contributed by atoms with van der Waals surface area (Å²) in [4.78, 5) is 35.4. The number of hydrogen-bond donors (Lipinski definition) is 3. The summed E-state index contributed by atoms with van der Waals surface area (Å²) in [5.41, 5.74) is 4.50. The minimum Gasteiger partial charge on any atom is -0.444 e. The van der Waals surface area contributed by atoms with Gasteiger partial charge in [-0.3, -0.25) is 9.59 Å². The Morgan fingerprint density at radius 2 is 1.83 bits per heavy atom. The van der Waals surface area contributed by atoms with Gasteiger partial charge >= 0.3 is 6.09 Å². The highest BCUT2D eigenvalue weighted by atomic mass is 16.6. The number of alkyl carbamates (subject to hydrolysis) is 1. The van der Waals surface area contributed by atoms with E-state index in [1.54, 1.807) is 20.8 Å². The van der Waals surface area contributed by atoms with Crippen LogP contribution in [-0.4, -0.2) is 35.6 Å². The molecule has 0 radical (unpaired) electrons. The monoisotopic (exact) mass is 327 g/mol. The summed E-state index contributed by atoms with van der Waals surface area (Å²) in [5, 5.41) is 5.36. The number of primary amides is 1. The van der Waals surface area contributed by atoms with Crippen LogP contribution in [0.15, 0.2) is 0 Å². The van der Waals surface area contributed by atoms with Crippen molar-refractivity contribution in [2.45, 2.75) is 77.5 Å². The van der Waals surface area contributed by atoms with Crippen molar-refractivity contribution in [3.63, 3.8) is 0 Å². The molecular formula is C16H29N3O4. The molecule has 7 heteroatoms. The first-order valence-corrected chi connectivity index (χ1v) is 8.16. The molecular weight excluding hydrogens is 298 g/mol. The molecule has 1 rings (SSSR count). The fourth-order valence-electron chi connectivity index (χ4n) is 2.67. The number of carbonyl (C=O) groups is 3. The van der Waals surface area contributed by atoms with Crippen molar-refractivity contribution in [1.82, 2.24) is 10.6 Å². The Morgan fingerprint density at radius 1 is 1.22 bits per heavy atom. The second-order valence-corrected chi connectivity index (χ2v) is 7.25. The standard InChI is InChI=1S/C16H29N3O4/c1-10-7-5-6-8-11(10)18-14(21)12(9-13(17)20)19-15(22)23-16(2,3)4/h10-12H,5-9H2,1-4H3,(H2,17,20)(H,18,21)(H,19,22). The summed E-state index contributed by atoms with van der Waals surface area (Å²) >= 11 is 0. The molecule has 0 saturated heterocycles. The van der Waals surface area contributed by atoms with Gasteiger partial charge in [-0.05, 0) is 39.5 Å². The van der Waals surface area contributed by atoms with E-state index in [2.05, 4.69) is 17.6 Å². The highest BCUT2D eigenvalue weighted by Gasteiger charge is 2.29. The van der Waals surface area contributed by atoms with Crippen LogP contribution in [-0.2, 0) is 14.3 Å². The second-order valence-electron chi connectivity index (χ2n) is 7.25. The maximum absolute atomic E-state index is 12.4. The lowest BCUT2D eigenvalue weighted by Crippen LogP contribution is -2.53. The van der Waals surface area contributed by atoms with Crippen molar-refractivity contribution in [1.29, 1.82) is 0 Å². The molecule has 0 spiro atoms. The van der Waals surface area contributed by atoms with Crippen molar-refractivity contribution in [2.75, 3.05) is 0 Å². The fraction of sp³-hybridized carbons (Fsp3) is 0.812. The number of hydrogen-bond acceptors (Lipinski definition) is 4. The van der Waals surface area contributed by atoms with Gasteiger partial charge in [0.05, 0.1) is 6.42 Å². The third-order valence-electron chi connectivity index (χ3n) is 3.85. The quantitative estimate of drug-likeness (QED) is 0.709. The van der Waals surface area contributed by atoms with Crippen LogP contribution < -0.4 is 16.4 Å². The summed E-state index contributed by atoms with van der Waals surface area (Å²) in [6.45, 7) is 7.26. The molecule has 7 nitrogen and oxygen atoms in total. The van der Waals surface area contributed by atoms with E-state index in [4.69, 9.17) is 10.5 Å². The number of carbonyl (C=O) groups excluding carboxylic acids is 3. The highest BCUT2D eigenvalue weighted by molar-refractivity contribution is 5.90. The van der Waals surface area contributed by atoms with Gasteiger partial charge < -0.3 is 21.1 Å².